The topological polar surface area (TPSA) is 32.3 Å². The van der Waals surface area contributed by atoms with E-state index < -0.39 is 5.60 Å². The first-order valence-corrected chi connectivity index (χ1v) is 5.55. The Bertz CT molecular complexity index is 371. The molecule has 1 aromatic carbocycles. The second-order valence-electron chi connectivity index (χ2n) is 4.91. The second-order valence-corrected chi connectivity index (χ2v) is 4.91. The summed E-state index contributed by atoms with van der Waals surface area (Å²) in [5, 5.41) is 13.3. The van der Waals surface area contributed by atoms with Crippen LogP contribution in [0.5, 0.6) is 0 Å². The molecule has 0 aliphatic heterocycles. The first-order valence-electron chi connectivity index (χ1n) is 5.55. The van der Waals surface area contributed by atoms with Gasteiger partial charge in [0, 0.05) is 5.69 Å². The second kappa shape index (κ2) is 3.53. The van der Waals surface area contributed by atoms with E-state index in [2.05, 4.69) is 37.4 Å². The van der Waals surface area contributed by atoms with Gasteiger partial charge in [-0.05, 0) is 45.2 Å². The van der Waals surface area contributed by atoms with Crippen LogP contribution in [0.3, 0.4) is 0 Å². The normalized spacial score (nSPS) is 29.7. The Labute approximate surface area is 91.3 Å². The van der Waals surface area contributed by atoms with Gasteiger partial charge in [0.2, 0.25) is 0 Å². The van der Waals surface area contributed by atoms with Gasteiger partial charge in [-0.3, -0.25) is 0 Å². The van der Waals surface area contributed by atoms with Gasteiger partial charge < -0.3 is 10.4 Å². The smallest absolute Gasteiger partial charge is 0.0820 e. The molecule has 0 saturated heterocycles. The number of hydrogen-bond donors (Lipinski definition) is 2. The van der Waals surface area contributed by atoms with E-state index in [-0.39, 0.29) is 6.04 Å². The lowest BCUT2D eigenvalue weighted by atomic mass is 9.76. The predicted octanol–water partition coefficient (Wildman–Crippen LogP) is 2.63. The number of aryl methyl sites for hydroxylation is 2. The van der Waals surface area contributed by atoms with Crippen molar-refractivity contribution in [2.24, 2.45) is 0 Å². The van der Waals surface area contributed by atoms with E-state index in [0.717, 1.165) is 18.5 Å². The maximum absolute atomic E-state index is 9.92. The fraction of sp³-hybridized carbons (Fsp3) is 0.538. The van der Waals surface area contributed by atoms with Gasteiger partial charge in [-0.1, -0.05) is 17.7 Å². The molecule has 82 valence electrons. The minimum atomic E-state index is -0.530. The maximum atomic E-state index is 9.92. The van der Waals surface area contributed by atoms with Crippen molar-refractivity contribution in [3.05, 3.63) is 29.3 Å². The molecular weight excluding hydrogens is 186 g/mol. The molecule has 0 heterocycles. The summed E-state index contributed by atoms with van der Waals surface area (Å²) in [6.45, 7) is 6.09. The standard InChI is InChI=1S/C13H19NO/c1-9-4-5-11(10(2)8-9)14-12-6-7-13(12,3)15/h4-5,8,12,14-15H,6-7H2,1-3H3/t12-,13-/m0/s1. The molecule has 0 spiro atoms. The molecule has 1 aliphatic rings. The van der Waals surface area contributed by atoms with E-state index in [1.54, 1.807) is 0 Å². The molecule has 1 aliphatic carbocycles. The van der Waals surface area contributed by atoms with Crippen LogP contribution < -0.4 is 5.32 Å². The highest BCUT2D eigenvalue weighted by Crippen LogP contribution is 2.34. The molecule has 1 aromatic rings. The monoisotopic (exact) mass is 205 g/mol. The zero-order chi connectivity index (χ0) is 11.1. The van der Waals surface area contributed by atoms with Gasteiger partial charge >= 0.3 is 0 Å². The van der Waals surface area contributed by atoms with Crippen LogP contribution in [0.25, 0.3) is 0 Å². The van der Waals surface area contributed by atoms with Gasteiger partial charge in [-0.2, -0.15) is 0 Å². The average Bonchev–Trinajstić information content (AvgIpc) is 2.15. The zero-order valence-corrected chi connectivity index (χ0v) is 9.67. The van der Waals surface area contributed by atoms with Crippen LogP contribution in [0.4, 0.5) is 5.69 Å². The number of rotatable bonds is 2. The Kier molecular flexibility index (Phi) is 2.47. The van der Waals surface area contributed by atoms with Gasteiger partial charge in [0.1, 0.15) is 0 Å². The first kappa shape index (κ1) is 10.5. The van der Waals surface area contributed by atoms with Crippen molar-refractivity contribution >= 4 is 5.69 Å². The average molecular weight is 205 g/mol. The highest BCUT2D eigenvalue weighted by atomic mass is 16.3. The van der Waals surface area contributed by atoms with Crippen molar-refractivity contribution in [2.45, 2.75) is 45.3 Å². The van der Waals surface area contributed by atoms with Crippen molar-refractivity contribution in [3.63, 3.8) is 0 Å². The SMILES string of the molecule is Cc1ccc(N[C@H]2CC[C@]2(C)O)c(C)c1. The van der Waals surface area contributed by atoms with Gasteiger partial charge in [-0.25, -0.2) is 0 Å². The van der Waals surface area contributed by atoms with Crippen molar-refractivity contribution in [3.8, 4) is 0 Å². The summed E-state index contributed by atoms with van der Waals surface area (Å²) in [7, 11) is 0. The molecule has 2 nitrogen and oxygen atoms in total. The molecule has 0 bridgehead atoms. The van der Waals surface area contributed by atoms with Crippen molar-refractivity contribution in [1.82, 2.24) is 0 Å². The van der Waals surface area contributed by atoms with Crippen LogP contribution in [0.15, 0.2) is 18.2 Å². The lowest BCUT2D eigenvalue weighted by Gasteiger charge is -2.43. The van der Waals surface area contributed by atoms with Crippen LogP contribution in [-0.2, 0) is 0 Å². The summed E-state index contributed by atoms with van der Waals surface area (Å²) in [5.41, 5.74) is 3.14. The summed E-state index contributed by atoms with van der Waals surface area (Å²) in [4.78, 5) is 0. The largest absolute Gasteiger partial charge is 0.388 e. The van der Waals surface area contributed by atoms with E-state index in [1.807, 2.05) is 6.92 Å². The fourth-order valence-corrected chi connectivity index (χ4v) is 2.10. The van der Waals surface area contributed by atoms with Gasteiger partial charge in [-0.15, -0.1) is 0 Å². The van der Waals surface area contributed by atoms with Gasteiger partial charge in [0.25, 0.3) is 0 Å². The van der Waals surface area contributed by atoms with Gasteiger partial charge in [0.05, 0.1) is 11.6 Å². The van der Waals surface area contributed by atoms with Crippen molar-refractivity contribution in [1.29, 1.82) is 0 Å². The molecule has 2 N–H and O–H groups in total. The van der Waals surface area contributed by atoms with Crippen LogP contribution >= 0.6 is 0 Å². The molecule has 15 heavy (non-hydrogen) atoms. The molecule has 2 atom stereocenters. The number of benzene rings is 1. The number of hydrogen-bond acceptors (Lipinski definition) is 2. The van der Waals surface area contributed by atoms with E-state index in [4.69, 9.17) is 0 Å². The molecule has 2 rings (SSSR count). The summed E-state index contributed by atoms with van der Waals surface area (Å²) in [5.74, 6) is 0. The Morgan fingerprint density at radius 1 is 1.40 bits per heavy atom. The third kappa shape index (κ3) is 2.00. The number of anilines is 1. The van der Waals surface area contributed by atoms with E-state index in [0.29, 0.717) is 0 Å². The van der Waals surface area contributed by atoms with Gasteiger partial charge in [0.15, 0.2) is 0 Å². The Hall–Kier alpha value is -1.02. The zero-order valence-electron chi connectivity index (χ0n) is 9.67. The van der Waals surface area contributed by atoms with E-state index >= 15 is 0 Å². The fourth-order valence-electron chi connectivity index (χ4n) is 2.10. The minimum absolute atomic E-state index is 0.207. The highest BCUT2D eigenvalue weighted by molar-refractivity contribution is 5.53. The highest BCUT2D eigenvalue weighted by Gasteiger charge is 2.40. The molecule has 0 radical (unpaired) electrons. The lowest BCUT2D eigenvalue weighted by molar-refractivity contribution is -0.0286. The third-order valence-corrected chi connectivity index (χ3v) is 3.40. The Balaban J connectivity index is 2.11. The third-order valence-electron chi connectivity index (χ3n) is 3.40. The summed E-state index contributed by atoms with van der Waals surface area (Å²) in [6, 6.07) is 6.57. The molecule has 1 saturated carbocycles. The van der Waals surface area contributed by atoms with Crippen LogP contribution in [0.1, 0.15) is 30.9 Å². The summed E-state index contributed by atoms with van der Waals surface area (Å²) >= 11 is 0. The van der Waals surface area contributed by atoms with Crippen LogP contribution in [-0.4, -0.2) is 16.7 Å². The molecule has 0 aromatic heterocycles. The summed E-state index contributed by atoms with van der Waals surface area (Å²) < 4.78 is 0. The quantitative estimate of drug-likeness (QED) is 0.778. The molecule has 1 fully saturated rings. The molecule has 2 heteroatoms. The number of aliphatic hydroxyl groups is 1. The minimum Gasteiger partial charge on any atom is -0.388 e. The van der Waals surface area contributed by atoms with Crippen LogP contribution in [0.2, 0.25) is 0 Å². The van der Waals surface area contributed by atoms with Crippen LogP contribution in [0, 0.1) is 13.8 Å². The molecular formula is C13H19NO. The first-order chi connectivity index (χ1) is 6.99. The molecule has 0 amide bonds. The predicted molar refractivity (Wildman–Crippen MR) is 63.2 cm³/mol. The molecule has 0 unspecified atom stereocenters. The maximum Gasteiger partial charge on any atom is 0.0820 e. The lowest BCUT2D eigenvalue weighted by Crippen LogP contribution is -2.53. The Morgan fingerprint density at radius 2 is 2.13 bits per heavy atom. The van der Waals surface area contributed by atoms with Crippen molar-refractivity contribution in [2.75, 3.05) is 5.32 Å². The Morgan fingerprint density at radius 3 is 2.60 bits per heavy atom. The number of nitrogens with one attached hydrogen (secondary N) is 1. The summed E-state index contributed by atoms with van der Waals surface area (Å²) in [6.07, 6.45) is 1.95. The van der Waals surface area contributed by atoms with Crippen molar-refractivity contribution < 1.29 is 5.11 Å². The van der Waals surface area contributed by atoms with E-state index in [9.17, 15) is 5.11 Å². The van der Waals surface area contributed by atoms with E-state index in [1.165, 1.54) is 11.1 Å².